The minimum atomic E-state index is -1.96. The summed E-state index contributed by atoms with van der Waals surface area (Å²) in [6.45, 7) is 7.10. The van der Waals surface area contributed by atoms with Crippen molar-refractivity contribution >= 4 is 11.9 Å². The van der Waals surface area contributed by atoms with Crippen molar-refractivity contribution in [1.82, 2.24) is 3.30 Å². The smallest absolute Gasteiger partial charge is 1.00 e. The molecule has 0 unspecified atom stereocenters. The molecule has 1 rings (SSSR count). The van der Waals surface area contributed by atoms with Gasteiger partial charge >= 0.3 is 146 Å². The van der Waals surface area contributed by atoms with Crippen molar-refractivity contribution in [3.8, 4) is 0 Å². The number of halogens is 2. The van der Waals surface area contributed by atoms with E-state index in [1.807, 2.05) is 0 Å². The molecule has 0 spiro atoms. The first-order chi connectivity index (χ1) is 11.1. The molecule has 0 heterocycles. The maximum atomic E-state index is 12.2. The summed E-state index contributed by atoms with van der Waals surface area (Å²) in [7, 11) is 0. The normalized spacial score (nSPS) is 12.4. The quantitative estimate of drug-likeness (QED) is 0.232. The first kappa shape index (κ1) is 27.8. The number of nitrogens with one attached hydrogen (secondary N) is 1. The molecule has 1 N–H and O–H groups in total. The van der Waals surface area contributed by atoms with Crippen molar-refractivity contribution in [1.29, 1.82) is 0 Å². The Bertz CT molecular complexity index is 403. The number of unbranched alkanes of at least 4 members (excludes halogenated alkanes) is 8. The van der Waals surface area contributed by atoms with Crippen LogP contribution in [0.25, 0.3) is 0 Å². The zero-order chi connectivity index (χ0) is 16.9. The third kappa shape index (κ3) is 13.4. The maximum Gasteiger partial charge on any atom is -1.00 e. The van der Waals surface area contributed by atoms with Gasteiger partial charge in [0.2, 0.25) is 0 Å². The van der Waals surface area contributed by atoms with Crippen molar-refractivity contribution in [2.24, 2.45) is 0 Å². The molecule has 0 aromatic heterocycles. The van der Waals surface area contributed by atoms with Crippen LogP contribution in [0.5, 0.6) is 0 Å². The number of carbonyl (C=O) groups is 1. The average molecular weight is 572 g/mol. The van der Waals surface area contributed by atoms with Crippen molar-refractivity contribution < 1.29 is 50.5 Å². The van der Waals surface area contributed by atoms with Gasteiger partial charge in [-0.15, -0.1) is 0 Å². The molecule has 0 aromatic rings. The summed E-state index contributed by atoms with van der Waals surface area (Å²) in [4.78, 5) is 12.2. The van der Waals surface area contributed by atoms with Crippen LogP contribution in [-0.4, -0.2) is 11.9 Å². The molecule has 145 valence electrons. The van der Waals surface area contributed by atoms with E-state index in [4.69, 9.17) is 0 Å². The van der Waals surface area contributed by atoms with Gasteiger partial charge in [0.05, 0.1) is 0 Å². The fourth-order valence-corrected chi connectivity index (χ4v) is 22.6. The molecule has 6 heteroatoms. The SMILES string of the molecule is CCCCCCCCCCCC(=O)[NH][Hf+2]([C]1=CC=CC1)[SiH](C)C.[Cl-].[Cl-]. The molecule has 1 aliphatic rings. The molecule has 25 heavy (non-hydrogen) atoms. The van der Waals surface area contributed by atoms with E-state index in [1.165, 1.54) is 51.4 Å². The zero-order valence-electron chi connectivity index (χ0n) is 16.3. The molecule has 0 bridgehead atoms. The molecule has 2 nitrogen and oxygen atoms in total. The van der Waals surface area contributed by atoms with Crippen LogP contribution in [0.15, 0.2) is 21.6 Å². The van der Waals surface area contributed by atoms with Crippen LogP contribution in [0.4, 0.5) is 0 Å². The molecule has 0 aliphatic heterocycles. The van der Waals surface area contributed by atoms with Crippen molar-refractivity contribution in [2.45, 2.75) is 90.6 Å². The monoisotopic (exact) mass is 572 g/mol. The minimum Gasteiger partial charge on any atom is -1.00 e. The van der Waals surface area contributed by atoms with Gasteiger partial charge in [-0.05, 0) is 0 Å². The van der Waals surface area contributed by atoms with Crippen molar-refractivity contribution in [3.05, 3.63) is 21.6 Å². The Kier molecular flexibility index (Phi) is 20.0. The number of hydrogen-bond donors (Lipinski definition) is 1. The summed E-state index contributed by atoms with van der Waals surface area (Å²) >= 11 is -1.96. The standard InChI is InChI=1S/C12H25NO.C5H5.C2H7Si.2ClH.Hf/c1-2-3-4-5-6-7-8-9-10-11-12(13)14;1-2-4-5-3-1;1-3-2;;;/h2-11H2,1H3,(H2,13,14);1-3H,4H2;3H,1-2H3;2*1H;/q;;;;;+3/p-3. The number of hydrogen-bond acceptors (Lipinski definition) is 1. The molecule has 0 aromatic carbocycles. The van der Waals surface area contributed by atoms with E-state index in [9.17, 15) is 4.79 Å². The van der Waals surface area contributed by atoms with Gasteiger partial charge in [-0.25, -0.2) is 0 Å². The number of rotatable bonds is 13. The third-order valence-electron chi connectivity index (χ3n) is 4.48. The van der Waals surface area contributed by atoms with Gasteiger partial charge in [-0.1, -0.05) is 6.92 Å². The Morgan fingerprint density at radius 1 is 1.04 bits per heavy atom. The van der Waals surface area contributed by atoms with E-state index < -0.39 is 26.9 Å². The second-order valence-corrected chi connectivity index (χ2v) is 32.7. The maximum absolute atomic E-state index is 12.2. The van der Waals surface area contributed by atoms with Crippen LogP contribution in [0.1, 0.15) is 77.6 Å². The fourth-order valence-electron chi connectivity index (χ4n) is 3.05. The van der Waals surface area contributed by atoms with E-state index in [-0.39, 0.29) is 24.8 Å². The van der Waals surface area contributed by atoms with Crippen LogP contribution in [0.3, 0.4) is 0 Å². The second-order valence-electron chi connectivity index (χ2n) is 7.02. The Morgan fingerprint density at radius 2 is 1.60 bits per heavy atom. The van der Waals surface area contributed by atoms with Gasteiger partial charge in [0, 0.05) is 0 Å². The second kappa shape index (κ2) is 18.0. The molecule has 0 saturated heterocycles. The van der Waals surface area contributed by atoms with E-state index in [0.717, 1.165) is 19.3 Å². The largest absolute Gasteiger partial charge is 1.00 e. The van der Waals surface area contributed by atoms with Gasteiger partial charge in [0.25, 0.3) is 0 Å². The van der Waals surface area contributed by atoms with Gasteiger partial charge in [-0.3, -0.25) is 0 Å². The Hall–Kier alpha value is 0.617. The number of amides is 1. The first-order valence-electron chi connectivity index (χ1n) is 9.68. The summed E-state index contributed by atoms with van der Waals surface area (Å²) in [6, 6.07) is 0. The Labute approximate surface area is 177 Å². The molecule has 0 atom stereocenters. The topological polar surface area (TPSA) is 29.1 Å². The predicted molar refractivity (Wildman–Crippen MR) is 101 cm³/mol. The summed E-state index contributed by atoms with van der Waals surface area (Å²) < 4.78 is 5.13. The summed E-state index contributed by atoms with van der Waals surface area (Å²) in [5, 5.41) is 0. The summed E-state index contributed by atoms with van der Waals surface area (Å²) in [5.41, 5.74) is 0. The number of carbonyl (C=O) groups excluding carboxylic acids is 1. The fraction of sp³-hybridized carbons (Fsp3) is 0.737. The molecule has 0 radical (unpaired) electrons. The van der Waals surface area contributed by atoms with Crippen molar-refractivity contribution in [3.63, 3.8) is 0 Å². The Balaban J connectivity index is 0. The third-order valence-corrected chi connectivity index (χ3v) is 28.1. The molecule has 1 amide bonds. The molecular formula is C19H36Cl2HfNOSi. The van der Waals surface area contributed by atoms with E-state index >= 15 is 0 Å². The molecule has 1 aliphatic carbocycles. The number of allylic oxidation sites excluding steroid dienone is 4. The Morgan fingerprint density at radius 3 is 2.08 bits per heavy atom. The van der Waals surface area contributed by atoms with Gasteiger partial charge in [0.1, 0.15) is 0 Å². The summed E-state index contributed by atoms with van der Waals surface area (Å²) in [6.07, 6.45) is 20.4. The average Bonchev–Trinajstić information content (AvgIpc) is 3.04. The van der Waals surface area contributed by atoms with E-state index in [2.05, 4.69) is 41.6 Å². The van der Waals surface area contributed by atoms with E-state index in [1.54, 1.807) is 3.33 Å². The molecular weight excluding hydrogens is 536 g/mol. The van der Waals surface area contributed by atoms with Crippen LogP contribution >= 0.6 is 0 Å². The molecule has 0 fully saturated rings. The minimum absolute atomic E-state index is 0. The van der Waals surface area contributed by atoms with Gasteiger partial charge in [-0.2, -0.15) is 0 Å². The van der Waals surface area contributed by atoms with Crippen LogP contribution < -0.4 is 28.1 Å². The predicted octanol–water partition coefficient (Wildman–Crippen LogP) is -0.608. The van der Waals surface area contributed by atoms with E-state index in [0.29, 0.717) is 5.91 Å². The summed E-state index contributed by atoms with van der Waals surface area (Å²) in [5.74, 6) is -0.338. The van der Waals surface area contributed by atoms with Gasteiger partial charge in [0.15, 0.2) is 0 Å². The zero-order valence-corrected chi connectivity index (χ0v) is 22.5. The molecule has 0 saturated carbocycles. The van der Waals surface area contributed by atoms with Crippen LogP contribution in [0.2, 0.25) is 13.1 Å². The van der Waals surface area contributed by atoms with Crippen LogP contribution in [-0.2, 0) is 25.7 Å². The first-order valence-corrected chi connectivity index (χ1v) is 22.4. The van der Waals surface area contributed by atoms with Gasteiger partial charge < -0.3 is 24.8 Å². The van der Waals surface area contributed by atoms with Crippen LogP contribution in [0, 0.1) is 0 Å². The van der Waals surface area contributed by atoms with Crippen molar-refractivity contribution in [2.75, 3.05) is 0 Å².